The zero-order valence-corrected chi connectivity index (χ0v) is 16.5. The molecule has 1 unspecified atom stereocenters. The first kappa shape index (κ1) is 19.2. The number of piperazine rings is 1. The van der Waals surface area contributed by atoms with Crippen molar-refractivity contribution >= 4 is 22.7 Å². The molecule has 1 aliphatic heterocycles. The fourth-order valence-corrected chi connectivity index (χ4v) is 3.72. The Labute approximate surface area is 160 Å². The fourth-order valence-electron chi connectivity index (χ4n) is 3.08. The largest absolute Gasteiger partial charge is 0.389 e. The number of hydrogen-bond acceptors (Lipinski definition) is 6. The Balaban J connectivity index is 1.44. The zero-order chi connectivity index (χ0) is 18.4. The summed E-state index contributed by atoms with van der Waals surface area (Å²) < 4.78 is 5.58. The van der Waals surface area contributed by atoms with Crippen molar-refractivity contribution in [3.8, 4) is 0 Å². The van der Waals surface area contributed by atoms with E-state index in [1.807, 2.05) is 17.5 Å². The van der Waals surface area contributed by atoms with Crippen LogP contribution in [0.4, 0.5) is 11.4 Å². The van der Waals surface area contributed by atoms with E-state index in [4.69, 9.17) is 4.74 Å². The topological polar surface area (TPSA) is 48.0 Å². The second kappa shape index (κ2) is 9.37. The Morgan fingerprint density at radius 1 is 1.23 bits per heavy atom. The first-order valence-corrected chi connectivity index (χ1v) is 10.1. The molecule has 0 spiro atoms. The number of aliphatic hydroxyl groups is 1. The van der Waals surface area contributed by atoms with Crippen molar-refractivity contribution in [1.82, 2.24) is 4.90 Å². The molecule has 1 aromatic carbocycles. The number of anilines is 2. The predicted octanol–water partition coefficient (Wildman–Crippen LogP) is 2.80. The molecule has 2 heterocycles. The minimum atomic E-state index is -0.522. The van der Waals surface area contributed by atoms with Crippen molar-refractivity contribution in [2.24, 2.45) is 0 Å². The number of benzene rings is 1. The molecule has 1 aliphatic rings. The molecule has 1 atom stereocenters. The number of rotatable bonds is 8. The molecule has 2 N–H and O–H groups in total. The number of nitrogens with one attached hydrogen (secondary N) is 1. The maximum absolute atomic E-state index is 10.1. The molecular formula is C20H29N3O2S. The van der Waals surface area contributed by atoms with Crippen LogP contribution in [-0.2, 0) is 11.3 Å². The molecule has 1 saturated heterocycles. The summed E-state index contributed by atoms with van der Waals surface area (Å²) in [4.78, 5) is 5.98. The predicted molar refractivity (Wildman–Crippen MR) is 109 cm³/mol. The van der Waals surface area contributed by atoms with Gasteiger partial charge >= 0.3 is 0 Å². The Hall–Kier alpha value is -1.60. The van der Waals surface area contributed by atoms with Gasteiger partial charge in [-0.3, -0.25) is 0 Å². The third-order valence-corrected chi connectivity index (χ3v) is 5.59. The summed E-state index contributed by atoms with van der Waals surface area (Å²) in [6, 6.07) is 10.6. The number of likely N-dealkylation sites (N-methyl/N-ethyl adjacent to an activating group) is 1. The summed E-state index contributed by atoms with van der Waals surface area (Å²) in [6.45, 7) is 7.86. The van der Waals surface area contributed by atoms with E-state index in [1.165, 1.54) is 16.1 Å². The van der Waals surface area contributed by atoms with Crippen molar-refractivity contribution in [2.75, 3.05) is 56.6 Å². The molecule has 6 heteroatoms. The number of thiophene rings is 1. The highest BCUT2D eigenvalue weighted by molar-refractivity contribution is 7.09. The van der Waals surface area contributed by atoms with Crippen molar-refractivity contribution in [3.63, 3.8) is 0 Å². The van der Waals surface area contributed by atoms with Crippen LogP contribution in [0.2, 0.25) is 0 Å². The average molecular weight is 376 g/mol. The second-order valence-electron chi connectivity index (χ2n) is 6.92. The standard InChI is InChI=1S/C20H29N3O2S/c1-16-12-17(23-9-7-22(2)8-10-23)5-6-20(16)21-13-18(24)14-25-15-19-4-3-11-26-19/h3-6,11-12,18,21,24H,7-10,13-15H2,1-2H3. The van der Waals surface area contributed by atoms with E-state index in [2.05, 4.69) is 47.3 Å². The molecule has 5 nitrogen and oxygen atoms in total. The number of hydrogen-bond donors (Lipinski definition) is 2. The highest BCUT2D eigenvalue weighted by Crippen LogP contribution is 2.23. The summed E-state index contributed by atoms with van der Waals surface area (Å²) in [6.07, 6.45) is -0.522. The van der Waals surface area contributed by atoms with E-state index in [0.29, 0.717) is 19.8 Å². The van der Waals surface area contributed by atoms with Crippen molar-refractivity contribution in [3.05, 3.63) is 46.2 Å². The number of ether oxygens (including phenoxy) is 1. The Bertz CT molecular complexity index is 670. The highest BCUT2D eigenvalue weighted by Gasteiger charge is 2.15. The maximum Gasteiger partial charge on any atom is 0.0945 e. The first-order valence-electron chi connectivity index (χ1n) is 9.18. The van der Waals surface area contributed by atoms with Gasteiger partial charge in [0.05, 0.1) is 19.3 Å². The van der Waals surface area contributed by atoms with Crippen LogP contribution >= 0.6 is 11.3 Å². The van der Waals surface area contributed by atoms with E-state index in [9.17, 15) is 5.11 Å². The SMILES string of the molecule is Cc1cc(N2CCN(C)CC2)ccc1NCC(O)COCc1cccs1. The van der Waals surface area contributed by atoms with Crippen molar-refractivity contribution in [1.29, 1.82) is 0 Å². The van der Waals surface area contributed by atoms with Gasteiger partial charge in [0.2, 0.25) is 0 Å². The lowest BCUT2D eigenvalue weighted by Gasteiger charge is -2.34. The molecule has 0 bridgehead atoms. The summed E-state index contributed by atoms with van der Waals surface area (Å²) in [7, 11) is 2.17. The molecule has 1 aromatic heterocycles. The Morgan fingerprint density at radius 2 is 2.04 bits per heavy atom. The smallest absolute Gasteiger partial charge is 0.0945 e. The molecule has 2 aromatic rings. The van der Waals surface area contributed by atoms with Crippen molar-refractivity contribution < 1.29 is 9.84 Å². The lowest BCUT2D eigenvalue weighted by molar-refractivity contribution is 0.0359. The van der Waals surface area contributed by atoms with Crippen LogP contribution in [0.5, 0.6) is 0 Å². The van der Waals surface area contributed by atoms with Crippen LogP contribution in [-0.4, -0.2) is 62.5 Å². The molecule has 0 aliphatic carbocycles. The molecule has 142 valence electrons. The number of aryl methyl sites for hydroxylation is 1. The molecule has 0 radical (unpaired) electrons. The lowest BCUT2D eigenvalue weighted by Crippen LogP contribution is -2.44. The van der Waals surface area contributed by atoms with Crippen LogP contribution < -0.4 is 10.2 Å². The molecule has 1 fully saturated rings. The van der Waals surface area contributed by atoms with Crippen molar-refractivity contribution in [2.45, 2.75) is 19.6 Å². The van der Waals surface area contributed by atoms with Crippen LogP contribution in [0.15, 0.2) is 35.7 Å². The summed E-state index contributed by atoms with van der Waals surface area (Å²) >= 11 is 1.67. The molecule has 3 rings (SSSR count). The second-order valence-corrected chi connectivity index (χ2v) is 7.95. The average Bonchev–Trinajstić information content (AvgIpc) is 3.15. The van der Waals surface area contributed by atoms with Crippen LogP contribution in [0, 0.1) is 6.92 Å². The van der Waals surface area contributed by atoms with Gasteiger partial charge in [0, 0.05) is 49.0 Å². The van der Waals surface area contributed by atoms with Gasteiger partial charge in [0.15, 0.2) is 0 Å². The summed E-state index contributed by atoms with van der Waals surface area (Å²) in [5, 5.41) is 15.5. The van der Waals surface area contributed by atoms with Crippen LogP contribution in [0.25, 0.3) is 0 Å². The van der Waals surface area contributed by atoms with Gasteiger partial charge in [-0.05, 0) is 49.2 Å². The quantitative estimate of drug-likeness (QED) is 0.743. The Morgan fingerprint density at radius 3 is 2.73 bits per heavy atom. The molecule has 0 amide bonds. The number of aliphatic hydroxyl groups excluding tert-OH is 1. The van der Waals surface area contributed by atoms with E-state index in [0.717, 1.165) is 31.9 Å². The summed E-state index contributed by atoms with van der Waals surface area (Å²) in [5.41, 5.74) is 3.55. The minimum absolute atomic E-state index is 0.337. The van der Waals surface area contributed by atoms with Gasteiger partial charge in [-0.1, -0.05) is 6.07 Å². The highest BCUT2D eigenvalue weighted by atomic mass is 32.1. The first-order chi connectivity index (χ1) is 12.6. The third kappa shape index (κ3) is 5.45. The fraction of sp³-hybridized carbons (Fsp3) is 0.500. The van der Waals surface area contributed by atoms with E-state index in [-0.39, 0.29) is 0 Å². The molecular weight excluding hydrogens is 346 g/mol. The third-order valence-electron chi connectivity index (χ3n) is 4.74. The van der Waals surface area contributed by atoms with Gasteiger partial charge in [0.1, 0.15) is 0 Å². The van der Waals surface area contributed by atoms with E-state index >= 15 is 0 Å². The van der Waals surface area contributed by atoms with Crippen LogP contribution in [0.1, 0.15) is 10.4 Å². The number of nitrogens with zero attached hydrogens (tertiary/aromatic N) is 2. The van der Waals surface area contributed by atoms with Gasteiger partial charge < -0.3 is 25.0 Å². The lowest BCUT2D eigenvalue weighted by atomic mass is 10.1. The summed E-state index contributed by atoms with van der Waals surface area (Å²) in [5.74, 6) is 0. The van der Waals surface area contributed by atoms with Gasteiger partial charge in [-0.25, -0.2) is 0 Å². The monoisotopic (exact) mass is 375 g/mol. The van der Waals surface area contributed by atoms with E-state index in [1.54, 1.807) is 11.3 Å². The van der Waals surface area contributed by atoms with Gasteiger partial charge in [-0.15, -0.1) is 11.3 Å². The molecule has 0 saturated carbocycles. The van der Waals surface area contributed by atoms with Gasteiger partial charge in [0.25, 0.3) is 0 Å². The van der Waals surface area contributed by atoms with Gasteiger partial charge in [-0.2, -0.15) is 0 Å². The minimum Gasteiger partial charge on any atom is -0.389 e. The van der Waals surface area contributed by atoms with Crippen LogP contribution in [0.3, 0.4) is 0 Å². The Kier molecular flexibility index (Phi) is 6.91. The zero-order valence-electron chi connectivity index (χ0n) is 15.6. The maximum atomic E-state index is 10.1. The molecule has 26 heavy (non-hydrogen) atoms. The van der Waals surface area contributed by atoms with E-state index < -0.39 is 6.10 Å². The normalized spacial score (nSPS) is 16.7.